The molecule has 160 valence electrons. The van der Waals surface area contributed by atoms with Crippen LogP contribution < -0.4 is 14.2 Å². The van der Waals surface area contributed by atoms with Crippen LogP contribution in [-0.2, 0) is 14.8 Å². The molecule has 2 aromatic carbocycles. The van der Waals surface area contributed by atoms with E-state index in [1.165, 1.54) is 19.6 Å². The van der Waals surface area contributed by atoms with Gasteiger partial charge >= 0.3 is 0 Å². The smallest absolute Gasteiger partial charge is 0.264 e. The quantitative estimate of drug-likeness (QED) is 0.655. The van der Waals surface area contributed by atoms with Crippen molar-refractivity contribution in [2.75, 3.05) is 13.7 Å². The highest BCUT2D eigenvalue weighted by molar-refractivity contribution is 7.90. The van der Waals surface area contributed by atoms with Gasteiger partial charge in [-0.1, -0.05) is 18.6 Å². The highest BCUT2D eigenvalue weighted by Gasteiger charge is 2.39. The van der Waals surface area contributed by atoms with Crippen LogP contribution in [0, 0.1) is 0 Å². The molecule has 1 fully saturated rings. The molecule has 1 aliphatic carbocycles. The summed E-state index contributed by atoms with van der Waals surface area (Å²) in [5.74, 6) is 0.198. The van der Waals surface area contributed by atoms with Crippen LogP contribution in [0.15, 0.2) is 53.6 Å². The number of sulfonamides is 1. The lowest BCUT2D eigenvalue weighted by Crippen LogP contribution is -2.35. The predicted octanol–water partition coefficient (Wildman–Crippen LogP) is 3.49. The molecule has 7 nitrogen and oxygen atoms in total. The van der Waals surface area contributed by atoms with Gasteiger partial charge in [0, 0.05) is 11.6 Å². The van der Waals surface area contributed by atoms with Crippen LogP contribution in [0.4, 0.5) is 0 Å². The Morgan fingerprint density at radius 2 is 2.00 bits per heavy atom. The number of rotatable bonds is 5. The molecule has 8 heteroatoms. The van der Waals surface area contributed by atoms with Gasteiger partial charge in [-0.05, 0) is 54.7 Å². The largest absolute Gasteiger partial charge is 0.496 e. The minimum Gasteiger partial charge on any atom is -0.496 e. The fraction of sp³-hybridized carbons (Fsp3) is 0.304. The first-order valence-electron chi connectivity index (χ1n) is 10.2. The molecule has 0 unspecified atom stereocenters. The molecular weight excluding hydrogens is 416 g/mol. The Morgan fingerprint density at radius 1 is 1.16 bits per heavy atom. The van der Waals surface area contributed by atoms with Crippen LogP contribution in [-0.4, -0.2) is 33.0 Å². The van der Waals surface area contributed by atoms with Crippen molar-refractivity contribution in [1.82, 2.24) is 9.71 Å². The summed E-state index contributed by atoms with van der Waals surface area (Å²) >= 11 is 0. The molecule has 2 heterocycles. The average molecular weight is 439 g/mol. The number of methoxy groups -OCH3 is 1. The molecule has 5 rings (SSSR count). The van der Waals surface area contributed by atoms with Crippen LogP contribution in [0.25, 0.3) is 10.9 Å². The summed E-state index contributed by atoms with van der Waals surface area (Å²) in [6, 6.07) is 12.0. The van der Waals surface area contributed by atoms with Gasteiger partial charge in [0.25, 0.3) is 10.0 Å². The van der Waals surface area contributed by atoms with Crippen molar-refractivity contribution in [3.05, 3.63) is 59.8 Å². The highest BCUT2D eigenvalue weighted by atomic mass is 32.2. The number of carbonyl (C=O) groups is 1. The predicted molar refractivity (Wildman–Crippen MR) is 115 cm³/mol. The van der Waals surface area contributed by atoms with E-state index in [4.69, 9.17) is 9.47 Å². The van der Waals surface area contributed by atoms with E-state index in [-0.39, 0.29) is 11.5 Å². The maximum atomic E-state index is 13.1. The molecule has 0 radical (unpaired) electrons. The first kappa shape index (κ1) is 19.8. The Labute approximate surface area is 180 Å². The molecule has 0 spiro atoms. The summed E-state index contributed by atoms with van der Waals surface area (Å²) in [5.41, 5.74) is 2.23. The van der Waals surface area contributed by atoms with E-state index >= 15 is 0 Å². The second-order valence-corrected chi connectivity index (χ2v) is 9.54. The van der Waals surface area contributed by atoms with Crippen LogP contribution >= 0.6 is 0 Å². The normalized spacial score (nSPS) is 18.2. The van der Waals surface area contributed by atoms with Gasteiger partial charge in [0.2, 0.25) is 5.91 Å². The average Bonchev–Trinajstić information content (AvgIpc) is 3.18. The fourth-order valence-corrected chi connectivity index (χ4v) is 5.57. The van der Waals surface area contributed by atoms with Crippen LogP contribution in [0.5, 0.6) is 11.5 Å². The number of hydrogen-bond donors (Lipinski definition) is 1. The monoisotopic (exact) mass is 438 g/mol. The molecule has 3 aromatic rings. The number of fused-ring (bicyclic) bond motifs is 2. The van der Waals surface area contributed by atoms with Gasteiger partial charge in [-0.2, -0.15) is 0 Å². The summed E-state index contributed by atoms with van der Waals surface area (Å²) in [6.45, 7) is 0.0773. The van der Waals surface area contributed by atoms with Gasteiger partial charge in [0.1, 0.15) is 24.0 Å². The van der Waals surface area contributed by atoms with Crippen molar-refractivity contribution in [2.45, 2.75) is 36.0 Å². The van der Waals surface area contributed by atoms with Crippen molar-refractivity contribution in [3.8, 4) is 11.5 Å². The topological polar surface area (TPSA) is 94.6 Å². The second kappa shape index (κ2) is 7.53. The van der Waals surface area contributed by atoms with Gasteiger partial charge in [0.15, 0.2) is 0 Å². The maximum Gasteiger partial charge on any atom is 0.264 e. The van der Waals surface area contributed by atoms with Gasteiger partial charge in [-0.3, -0.25) is 9.78 Å². The third-order valence-electron chi connectivity index (χ3n) is 6.14. The summed E-state index contributed by atoms with van der Waals surface area (Å²) in [5, 5.41) is 0.457. The van der Waals surface area contributed by atoms with E-state index in [0.29, 0.717) is 33.9 Å². The lowest BCUT2D eigenvalue weighted by atomic mass is 9.78. The molecule has 1 atom stereocenters. The van der Waals surface area contributed by atoms with Crippen molar-refractivity contribution >= 4 is 26.8 Å². The molecule has 31 heavy (non-hydrogen) atoms. The fourth-order valence-electron chi connectivity index (χ4n) is 4.33. The highest BCUT2D eigenvalue weighted by Crippen LogP contribution is 2.49. The number of aromatic nitrogens is 1. The zero-order valence-corrected chi connectivity index (χ0v) is 17.8. The number of carbonyl (C=O) groups excluding carboxylic acids is 1. The van der Waals surface area contributed by atoms with Crippen LogP contribution in [0.3, 0.4) is 0 Å². The first-order valence-corrected chi connectivity index (χ1v) is 11.7. The lowest BCUT2D eigenvalue weighted by molar-refractivity contribution is -0.121. The Morgan fingerprint density at radius 3 is 2.74 bits per heavy atom. The molecular formula is C23H22N2O5S. The van der Waals surface area contributed by atoms with Crippen LogP contribution in [0.2, 0.25) is 0 Å². The van der Waals surface area contributed by atoms with E-state index in [0.717, 1.165) is 18.4 Å². The van der Waals surface area contributed by atoms with Crippen molar-refractivity contribution in [2.24, 2.45) is 0 Å². The Bertz CT molecular complexity index is 1280. The number of ether oxygens (including phenoxy) is 2. The van der Waals surface area contributed by atoms with E-state index in [1.54, 1.807) is 30.5 Å². The number of nitrogens with one attached hydrogen (secondary N) is 1. The van der Waals surface area contributed by atoms with E-state index in [1.807, 2.05) is 12.1 Å². The van der Waals surface area contributed by atoms with E-state index in [9.17, 15) is 13.2 Å². The van der Waals surface area contributed by atoms with E-state index < -0.39 is 21.8 Å². The number of amides is 1. The zero-order chi connectivity index (χ0) is 21.6. The molecule has 1 N–H and O–H groups in total. The Kier molecular flexibility index (Phi) is 4.81. The number of pyridine rings is 1. The van der Waals surface area contributed by atoms with Gasteiger partial charge < -0.3 is 9.47 Å². The molecule has 0 bridgehead atoms. The maximum absolute atomic E-state index is 13.1. The number of benzene rings is 2. The lowest BCUT2D eigenvalue weighted by Gasteiger charge is -2.27. The molecule has 1 saturated carbocycles. The number of nitrogens with zero attached hydrogens (tertiary/aromatic N) is 1. The zero-order valence-electron chi connectivity index (χ0n) is 17.0. The summed E-state index contributed by atoms with van der Waals surface area (Å²) < 4.78 is 39.8. The summed E-state index contributed by atoms with van der Waals surface area (Å²) in [4.78, 5) is 17.3. The first-order chi connectivity index (χ1) is 15.0. The molecule has 1 amide bonds. The Balaban J connectivity index is 1.49. The van der Waals surface area contributed by atoms with Crippen LogP contribution in [0.1, 0.15) is 42.2 Å². The minimum atomic E-state index is -4.10. The third kappa shape index (κ3) is 3.31. The molecule has 0 saturated heterocycles. The third-order valence-corrected chi connectivity index (χ3v) is 7.55. The summed E-state index contributed by atoms with van der Waals surface area (Å²) in [6.07, 6.45) is 4.94. The van der Waals surface area contributed by atoms with Gasteiger partial charge in [0.05, 0.1) is 23.1 Å². The van der Waals surface area contributed by atoms with Crippen molar-refractivity contribution < 1.29 is 22.7 Å². The minimum absolute atomic E-state index is 0.0146. The molecule has 1 aliphatic heterocycles. The van der Waals surface area contributed by atoms with Gasteiger partial charge in [-0.15, -0.1) is 0 Å². The standard InChI is InChI=1S/C23H22N2O5S/c1-29-19-11-10-15(14-5-2-6-14)22-21(19)17(13-30-22)23(26)25-31(27,28)20-9-3-8-18-16(20)7-4-12-24-18/h3-4,7-12,14,17H,2,5-6,13H2,1H3,(H,25,26)/t17-/m1/s1. The number of hydrogen-bond acceptors (Lipinski definition) is 6. The van der Waals surface area contributed by atoms with E-state index in [2.05, 4.69) is 9.71 Å². The SMILES string of the molecule is COc1ccc(C2CCC2)c2c1[C@H](C(=O)NS(=O)(=O)c1cccc3ncccc13)CO2. The Hall–Kier alpha value is -3.13. The van der Waals surface area contributed by atoms with Crippen molar-refractivity contribution in [1.29, 1.82) is 0 Å². The molecule has 2 aliphatic rings. The van der Waals surface area contributed by atoms with Gasteiger partial charge in [-0.25, -0.2) is 13.1 Å². The second-order valence-electron chi connectivity index (χ2n) is 7.89. The summed E-state index contributed by atoms with van der Waals surface area (Å²) in [7, 11) is -2.57. The molecule has 1 aromatic heterocycles. The van der Waals surface area contributed by atoms with Crippen molar-refractivity contribution in [3.63, 3.8) is 0 Å².